The fourth-order valence-electron chi connectivity index (χ4n) is 1.76. The van der Waals surface area contributed by atoms with Crippen LogP contribution < -0.4 is 10.5 Å². The van der Waals surface area contributed by atoms with Crippen molar-refractivity contribution in [3.05, 3.63) is 39.9 Å². The van der Waals surface area contributed by atoms with Gasteiger partial charge in [-0.3, -0.25) is 4.68 Å². The van der Waals surface area contributed by atoms with Crippen molar-refractivity contribution in [2.24, 2.45) is 7.05 Å². The molecule has 1 heterocycles. The van der Waals surface area contributed by atoms with Gasteiger partial charge < -0.3 is 10.5 Å². The Labute approximate surface area is 119 Å². The highest BCUT2D eigenvalue weighted by molar-refractivity contribution is 9.10. The number of nitrogen functional groups attached to an aromatic ring is 1. The summed E-state index contributed by atoms with van der Waals surface area (Å²) in [5, 5.41) is 4.35. The third kappa shape index (κ3) is 2.89. The highest BCUT2D eigenvalue weighted by Crippen LogP contribution is 2.25. The van der Waals surface area contributed by atoms with Gasteiger partial charge in [0.05, 0.1) is 15.9 Å². The summed E-state index contributed by atoms with van der Waals surface area (Å²) in [6.45, 7) is 2.27. The van der Waals surface area contributed by atoms with E-state index in [0.29, 0.717) is 5.69 Å². The Morgan fingerprint density at radius 2 is 2.21 bits per heavy atom. The molecule has 2 N–H and O–H groups in total. The zero-order chi connectivity index (χ0) is 14.0. The van der Waals surface area contributed by atoms with Gasteiger partial charge in [-0.15, -0.1) is 0 Å². The second-order valence-corrected chi connectivity index (χ2v) is 4.96. The summed E-state index contributed by atoms with van der Waals surface area (Å²) in [7, 11) is 1.84. The zero-order valence-corrected chi connectivity index (χ0v) is 12.4. The lowest BCUT2D eigenvalue weighted by molar-refractivity contribution is 0.279. The van der Waals surface area contributed by atoms with Crippen molar-refractivity contribution in [1.29, 1.82) is 0 Å². The van der Waals surface area contributed by atoms with E-state index in [4.69, 9.17) is 10.5 Å². The molecule has 0 bridgehead atoms. The lowest BCUT2D eigenvalue weighted by atomic mass is 10.3. The highest BCUT2D eigenvalue weighted by atomic mass is 79.9. The average Bonchev–Trinajstić information content (AvgIpc) is 2.64. The lowest BCUT2D eigenvalue weighted by Gasteiger charge is -2.08. The molecule has 1 aromatic carbocycles. The van der Waals surface area contributed by atoms with Crippen molar-refractivity contribution in [3.8, 4) is 5.75 Å². The number of hydrogen-bond donors (Lipinski definition) is 1. The number of rotatable bonds is 4. The molecule has 6 heteroatoms. The van der Waals surface area contributed by atoms with Gasteiger partial charge in [-0.2, -0.15) is 5.10 Å². The second kappa shape index (κ2) is 5.61. The molecular weight excluding hydrogens is 313 g/mol. The van der Waals surface area contributed by atoms with Gasteiger partial charge in [0.1, 0.15) is 6.61 Å². The maximum atomic E-state index is 13.6. The predicted molar refractivity (Wildman–Crippen MR) is 75.4 cm³/mol. The summed E-state index contributed by atoms with van der Waals surface area (Å²) >= 11 is 3.49. The SMILES string of the molecule is CCc1nn(C)c(COc2ccc(N)cc2F)c1Br. The van der Waals surface area contributed by atoms with Crippen LogP contribution in [-0.4, -0.2) is 9.78 Å². The van der Waals surface area contributed by atoms with Crippen molar-refractivity contribution in [2.75, 3.05) is 5.73 Å². The molecule has 102 valence electrons. The van der Waals surface area contributed by atoms with E-state index in [0.717, 1.165) is 22.3 Å². The molecule has 1 aromatic heterocycles. The minimum atomic E-state index is -0.464. The van der Waals surface area contributed by atoms with Gasteiger partial charge in [0.25, 0.3) is 0 Å². The molecule has 0 fully saturated rings. The summed E-state index contributed by atoms with van der Waals surface area (Å²) in [4.78, 5) is 0. The van der Waals surface area contributed by atoms with Crippen LogP contribution in [0.1, 0.15) is 18.3 Å². The van der Waals surface area contributed by atoms with Crippen LogP contribution in [-0.2, 0) is 20.1 Å². The molecule has 4 nitrogen and oxygen atoms in total. The molecule has 0 aliphatic rings. The van der Waals surface area contributed by atoms with E-state index in [9.17, 15) is 4.39 Å². The first-order valence-corrected chi connectivity index (χ1v) is 6.70. The third-order valence-corrected chi connectivity index (χ3v) is 3.74. The summed E-state index contributed by atoms with van der Waals surface area (Å²) in [6.07, 6.45) is 0.824. The van der Waals surface area contributed by atoms with E-state index >= 15 is 0 Å². The van der Waals surface area contributed by atoms with E-state index in [1.807, 2.05) is 14.0 Å². The summed E-state index contributed by atoms with van der Waals surface area (Å²) in [5.74, 6) is -0.283. The molecule has 0 aliphatic carbocycles. The van der Waals surface area contributed by atoms with Crippen LogP contribution in [0.15, 0.2) is 22.7 Å². The molecule has 19 heavy (non-hydrogen) atoms. The van der Waals surface area contributed by atoms with Gasteiger partial charge in [0.15, 0.2) is 11.6 Å². The minimum absolute atomic E-state index is 0.181. The maximum Gasteiger partial charge on any atom is 0.167 e. The van der Waals surface area contributed by atoms with E-state index < -0.39 is 5.82 Å². The van der Waals surface area contributed by atoms with Crippen LogP contribution in [0.2, 0.25) is 0 Å². The highest BCUT2D eigenvalue weighted by Gasteiger charge is 2.13. The molecule has 0 aliphatic heterocycles. The lowest BCUT2D eigenvalue weighted by Crippen LogP contribution is -2.04. The number of aromatic nitrogens is 2. The average molecular weight is 328 g/mol. The minimum Gasteiger partial charge on any atom is -0.484 e. The van der Waals surface area contributed by atoms with Crippen molar-refractivity contribution in [2.45, 2.75) is 20.0 Å². The van der Waals surface area contributed by atoms with Gasteiger partial charge in [-0.25, -0.2) is 4.39 Å². The summed E-state index contributed by atoms with van der Waals surface area (Å²) in [5.41, 5.74) is 7.69. The Bertz CT molecular complexity index is 598. The van der Waals surface area contributed by atoms with E-state index in [2.05, 4.69) is 21.0 Å². The first-order valence-electron chi connectivity index (χ1n) is 5.91. The van der Waals surface area contributed by atoms with Crippen LogP contribution in [0.3, 0.4) is 0 Å². The Balaban J connectivity index is 2.16. The first kappa shape index (κ1) is 13.9. The molecule has 0 saturated heterocycles. The topological polar surface area (TPSA) is 53.1 Å². The van der Waals surface area contributed by atoms with Crippen molar-refractivity contribution < 1.29 is 9.13 Å². The van der Waals surface area contributed by atoms with Crippen molar-refractivity contribution in [1.82, 2.24) is 9.78 Å². The number of aryl methyl sites for hydroxylation is 2. The van der Waals surface area contributed by atoms with Gasteiger partial charge in [-0.05, 0) is 34.5 Å². The van der Waals surface area contributed by atoms with Crippen LogP contribution in [0.5, 0.6) is 5.75 Å². The summed E-state index contributed by atoms with van der Waals surface area (Å²) in [6, 6.07) is 4.37. The third-order valence-electron chi connectivity index (χ3n) is 2.82. The normalized spacial score (nSPS) is 10.7. The van der Waals surface area contributed by atoms with Gasteiger partial charge >= 0.3 is 0 Å². The molecule has 0 radical (unpaired) electrons. The smallest absolute Gasteiger partial charge is 0.167 e. The number of halogens is 2. The number of anilines is 1. The molecule has 0 atom stereocenters. The quantitative estimate of drug-likeness (QED) is 0.878. The number of ether oxygens (including phenoxy) is 1. The van der Waals surface area contributed by atoms with Gasteiger partial charge in [0, 0.05) is 18.8 Å². The first-order chi connectivity index (χ1) is 9.02. The Hall–Kier alpha value is -1.56. The molecule has 0 unspecified atom stereocenters. The summed E-state index contributed by atoms with van der Waals surface area (Å²) < 4.78 is 21.7. The number of hydrogen-bond acceptors (Lipinski definition) is 3. The Kier molecular flexibility index (Phi) is 4.09. The van der Waals surface area contributed by atoms with Gasteiger partial charge in [-0.1, -0.05) is 6.92 Å². The second-order valence-electron chi connectivity index (χ2n) is 4.16. The zero-order valence-electron chi connectivity index (χ0n) is 10.8. The number of nitrogens with two attached hydrogens (primary N) is 1. The van der Waals surface area contributed by atoms with Crippen molar-refractivity contribution in [3.63, 3.8) is 0 Å². The molecule has 0 saturated carbocycles. The monoisotopic (exact) mass is 327 g/mol. The molecule has 0 spiro atoms. The number of benzene rings is 1. The predicted octanol–water partition coefficient (Wildman–Crippen LogP) is 3.05. The Morgan fingerprint density at radius 3 is 2.79 bits per heavy atom. The van der Waals surface area contributed by atoms with E-state index in [1.165, 1.54) is 12.1 Å². The maximum absolute atomic E-state index is 13.6. The fourth-order valence-corrected chi connectivity index (χ4v) is 2.49. The standard InChI is InChI=1S/C13H15BrFN3O/c1-3-10-13(14)11(18(2)17-10)7-19-12-5-4-8(16)6-9(12)15/h4-6H,3,7,16H2,1-2H3. The van der Waals surface area contributed by atoms with Crippen LogP contribution in [0.4, 0.5) is 10.1 Å². The van der Waals surface area contributed by atoms with Gasteiger partial charge in [0.2, 0.25) is 0 Å². The van der Waals surface area contributed by atoms with E-state index in [-0.39, 0.29) is 12.4 Å². The van der Waals surface area contributed by atoms with Crippen LogP contribution in [0.25, 0.3) is 0 Å². The largest absolute Gasteiger partial charge is 0.484 e. The molecule has 2 rings (SSSR count). The molecule has 0 amide bonds. The molecular formula is C13H15BrFN3O. The van der Waals surface area contributed by atoms with Crippen molar-refractivity contribution >= 4 is 21.6 Å². The molecule has 2 aromatic rings. The number of nitrogens with zero attached hydrogens (tertiary/aromatic N) is 2. The van der Waals surface area contributed by atoms with E-state index in [1.54, 1.807) is 10.7 Å². The Morgan fingerprint density at radius 1 is 1.47 bits per heavy atom. The fraction of sp³-hybridized carbons (Fsp3) is 0.308. The van der Waals surface area contributed by atoms with Crippen LogP contribution >= 0.6 is 15.9 Å². The van der Waals surface area contributed by atoms with Crippen LogP contribution in [0, 0.1) is 5.82 Å².